The minimum atomic E-state index is -0.508. The number of likely N-dealkylation sites (N-methyl/N-ethyl adjacent to an activating group) is 1. The monoisotopic (exact) mass is 295 g/mol. The molecule has 21 heavy (non-hydrogen) atoms. The van der Waals surface area contributed by atoms with Gasteiger partial charge in [0.05, 0.1) is 25.4 Å². The molecule has 0 amide bonds. The van der Waals surface area contributed by atoms with E-state index in [0.29, 0.717) is 13.2 Å². The Morgan fingerprint density at radius 2 is 1.86 bits per heavy atom. The first-order chi connectivity index (χ1) is 9.74. The number of aliphatic hydroxyl groups excluding tert-OH is 1. The minimum absolute atomic E-state index is 0.158. The second kappa shape index (κ2) is 7.78. The van der Waals surface area contributed by atoms with Gasteiger partial charge in [0.15, 0.2) is 0 Å². The van der Waals surface area contributed by atoms with E-state index < -0.39 is 6.10 Å². The van der Waals surface area contributed by atoms with Crippen molar-refractivity contribution in [3.8, 4) is 5.75 Å². The molecule has 0 aliphatic heterocycles. The fraction of sp³-hybridized carbons (Fsp3) is 0.647. The molecule has 0 aliphatic rings. The molecule has 0 aromatic heterocycles. The molecule has 0 saturated carbocycles. The summed E-state index contributed by atoms with van der Waals surface area (Å²) in [6.45, 7) is 8.96. The Balaban J connectivity index is 2.60. The van der Waals surface area contributed by atoms with Crippen LogP contribution in [0.1, 0.15) is 39.3 Å². The fourth-order valence-electron chi connectivity index (χ4n) is 2.14. The number of para-hydroxylation sites is 1. The van der Waals surface area contributed by atoms with Gasteiger partial charge in [-0.2, -0.15) is 0 Å². The van der Waals surface area contributed by atoms with Gasteiger partial charge >= 0.3 is 0 Å². The smallest absolute Gasteiger partial charge is 0.123 e. The van der Waals surface area contributed by atoms with Crippen molar-refractivity contribution in [2.45, 2.75) is 45.4 Å². The third-order valence-electron chi connectivity index (χ3n) is 3.46. The van der Waals surface area contributed by atoms with Crippen LogP contribution in [-0.2, 0) is 4.74 Å². The Morgan fingerprint density at radius 1 is 1.24 bits per heavy atom. The van der Waals surface area contributed by atoms with E-state index in [1.54, 1.807) is 7.11 Å². The van der Waals surface area contributed by atoms with Crippen LogP contribution in [0.3, 0.4) is 0 Å². The van der Waals surface area contributed by atoms with Crippen LogP contribution in [0.4, 0.5) is 0 Å². The Bertz CT molecular complexity index is 428. The molecular weight excluding hydrogens is 266 g/mol. The van der Waals surface area contributed by atoms with Crippen LogP contribution in [0.15, 0.2) is 24.3 Å². The van der Waals surface area contributed by atoms with Crippen molar-refractivity contribution in [1.29, 1.82) is 0 Å². The molecule has 1 N–H and O–H groups in total. The first kappa shape index (κ1) is 18.0. The van der Waals surface area contributed by atoms with Crippen molar-refractivity contribution in [2.24, 2.45) is 0 Å². The van der Waals surface area contributed by atoms with Crippen molar-refractivity contribution < 1.29 is 14.6 Å². The number of benzene rings is 1. The van der Waals surface area contributed by atoms with Gasteiger partial charge in [0.25, 0.3) is 0 Å². The summed E-state index contributed by atoms with van der Waals surface area (Å²) in [5.41, 5.74) is 0.889. The molecule has 0 radical (unpaired) electrons. The van der Waals surface area contributed by atoms with Gasteiger partial charge in [0.1, 0.15) is 5.75 Å². The maximum absolute atomic E-state index is 10.1. The summed E-state index contributed by atoms with van der Waals surface area (Å²) >= 11 is 0. The number of hydrogen-bond donors (Lipinski definition) is 1. The van der Waals surface area contributed by atoms with Crippen LogP contribution in [-0.4, -0.2) is 49.0 Å². The maximum atomic E-state index is 10.1. The second-order valence-electron chi connectivity index (χ2n) is 6.43. The Morgan fingerprint density at radius 3 is 2.43 bits per heavy atom. The Kier molecular flexibility index (Phi) is 6.65. The van der Waals surface area contributed by atoms with Gasteiger partial charge in [-0.05, 0) is 40.8 Å². The Hall–Kier alpha value is -1.10. The summed E-state index contributed by atoms with van der Waals surface area (Å²) in [5, 5.41) is 10.1. The predicted molar refractivity (Wildman–Crippen MR) is 85.8 cm³/mol. The predicted octanol–water partition coefficient (Wildman–Crippen LogP) is 2.86. The third kappa shape index (κ3) is 6.04. The van der Waals surface area contributed by atoms with Gasteiger partial charge < -0.3 is 14.6 Å². The van der Waals surface area contributed by atoms with E-state index >= 15 is 0 Å². The van der Waals surface area contributed by atoms with Crippen molar-refractivity contribution in [3.63, 3.8) is 0 Å². The molecule has 0 fully saturated rings. The summed E-state index contributed by atoms with van der Waals surface area (Å²) in [6.07, 6.45) is -0.508. The van der Waals surface area contributed by atoms with Crippen LogP contribution < -0.4 is 4.74 Å². The molecule has 0 spiro atoms. The van der Waals surface area contributed by atoms with E-state index in [4.69, 9.17) is 9.47 Å². The van der Waals surface area contributed by atoms with E-state index in [-0.39, 0.29) is 11.6 Å². The van der Waals surface area contributed by atoms with E-state index in [2.05, 4.69) is 17.9 Å². The molecule has 1 aromatic rings. The molecule has 0 bridgehead atoms. The molecule has 2 atom stereocenters. The lowest BCUT2D eigenvalue weighted by Gasteiger charge is -2.29. The summed E-state index contributed by atoms with van der Waals surface area (Å²) in [5.74, 6) is 0.872. The normalized spacial score (nSPS) is 15.0. The highest BCUT2D eigenvalue weighted by Crippen LogP contribution is 2.28. The zero-order chi connectivity index (χ0) is 16.0. The van der Waals surface area contributed by atoms with Gasteiger partial charge in [-0.1, -0.05) is 18.2 Å². The molecule has 120 valence electrons. The molecule has 4 nitrogen and oxygen atoms in total. The van der Waals surface area contributed by atoms with Crippen LogP contribution in [0.2, 0.25) is 0 Å². The first-order valence-corrected chi connectivity index (χ1v) is 7.39. The average molecular weight is 295 g/mol. The lowest BCUT2D eigenvalue weighted by molar-refractivity contribution is -0.0566. The van der Waals surface area contributed by atoms with E-state index in [0.717, 1.165) is 11.3 Å². The van der Waals surface area contributed by atoms with E-state index in [1.165, 1.54) is 0 Å². The zero-order valence-corrected chi connectivity index (χ0v) is 14.1. The first-order valence-electron chi connectivity index (χ1n) is 7.39. The number of nitrogens with zero attached hydrogens (tertiary/aromatic N) is 1. The topological polar surface area (TPSA) is 41.9 Å². The van der Waals surface area contributed by atoms with Crippen molar-refractivity contribution in [1.82, 2.24) is 4.90 Å². The van der Waals surface area contributed by atoms with E-state index in [9.17, 15) is 5.11 Å². The van der Waals surface area contributed by atoms with Crippen LogP contribution >= 0.6 is 0 Å². The number of hydrogen-bond acceptors (Lipinski definition) is 4. The molecular formula is C17H29NO3. The van der Waals surface area contributed by atoms with Crippen LogP contribution in [0, 0.1) is 0 Å². The van der Waals surface area contributed by atoms with Crippen molar-refractivity contribution >= 4 is 0 Å². The third-order valence-corrected chi connectivity index (χ3v) is 3.46. The minimum Gasteiger partial charge on any atom is -0.496 e. The van der Waals surface area contributed by atoms with Crippen molar-refractivity contribution in [2.75, 3.05) is 27.3 Å². The van der Waals surface area contributed by atoms with Gasteiger partial charge in [-0.25, -0.2) is 0 Å². The molecule has 0 saturated heterocycles. The molecule has 2 unspecified atom stereocenters. The molecule has 1 aromatic carbocycles. The standard InChI is InChI=1S/C17H29NO3/c1-13(15-9-7-8-10-16(15)20-6)18(5)11-14(19)12-21-17(2,3)4/h7-10,13-14,19H,11-12H2,1-6H3. The van der Waals surface area contributed by atoms with Gasteiger partial charge in [-0.15, -0.1) is 0 Å². The van der Waals surface area contributed by atoms with E-state index in [1.807, 2.05) is 46.0 Å². The quantitative estimate of drug-likeness (QED) is 0.840. The van der Waals surface area contributed by atoms with Gasteiger partial charge in [0, 0.05) is 18.2 Å². The summed E-state index contributed by atoms with van der Waals surface area (Å²) in [4.78, 5) is 2.11. The fourth-order valence-corrected chi connectivity index (χ4v) is 2.14. The van der Waals surface area contributed by atoms with Crippen molar-refractivity contribution in [3.05, 3.63) is 29.8 Å². The summed E-state index contributed by atoms with van der Waals surface area (Å²) in [7, 11) is 3.68. The molecule has 0 aliphatic carbocycles. The number of rotatable bonds is 7. The maximum Gasteiger partial charge on any atom is 0.123 e. The Labute approximate surface area is 128 Å². The highest BCUT2D eigenvalue weighted by molar-refractivity contribution is 5.35. The van der Waals surface area contributed by atoms with Gasteiger partial charge in [-0.3, -0.25) is 4.90 Å². The lowest BCUT2D eigenvalue weighted by Crippen LogP contribution is -2.36. The highest BCUT2D eigenvalue weighted by Gasteiger charge is 2.20. The highest BCUT2D eigenvalue weighted by atomic mass is 16.5. The molecule has 1 rings (SSSR count). The number of ether oxygens (including phenoxy) is 2. The molecule has 0 heterocycles. The van der Waals surface area contributed by atoms with Crippen LogP contribution in [0.5, 0.6) is 5.75 Å². The summed E-state index contributed by atoms with van der Waals surface area (Å²) < 4.78 is 11.0. The largest absolute Gasteiger partial charge is 0.496 e. The number of methoxy groups -OCH3 is 1. The lowest BCUT2D eigenvalue weighted by atomic mass is 10.1. The second-order valence-corrected chi connectivity index (χ2v) is 6.43. The van der Waals surface area contributed by atoms with Crippen LogP contribution in [0.25, 0.3) is 0 Å². The zero-order valence-electron chi connectivity index (χ0n) is 14.1. The average Bonchev–Trinajstić information content (AvgIpc) is 2.43. The van der Waals surface area contributed by atoms with Gasteiger partial charge in [0.2, 0.25) is 0 Å². The summed E-state index contributed by atoms with van der Waals surface area (Å²) in [6, 6.07) is 8.13. The SMILES string of the molecule is COc1ccccc1C(C)N(C)CC(O)COC(C)(C)C. The number of aliphatic hydroxyl groups is 1. The molecule has 4 heteroatoms.